The van der Waals surface area contributed by atoms with Crippen molar-refractivity contribution in [3.05, 3.63) is 0 Å². The van der Waals surface area contributed by atoms with Crippen molar-refractivity contribution in [1.82, 2.24) is 5.32 Å². The molecule has 0 aromatic heterocycles. The Labute approximate surface area is 88.9 Å². The van der Waals surface area contributed by atoms with Gasteiger partial charge in [-0.3, -0.25) is 0 Å². The van der Waals surface area contributed by atoms with Gasteiger partial charge in [0.1, 0.15) is 11.2 Å². The Balaban J connectivity index is 4.00. The highest BCUT2D eigenvalue weighted by molar-refractivity contribution is 5.67. The molecule has 0 aromatic carbocycles. The smallest absolute Gasteiger partial charge is 0.407 e. The van der Waals surface area contributed by atoms with Crippen LogP contribution in [0.4, 0.5) is 4.79 Å². The fourth-order valence-corrected chi connectivity index (χ4v) is 0.713. The highest BCUT2D eigenvalue weighted by atomic mass is 16.6. The maximum Gasteiger partial charge on any atom is 0.407 e. The molecule has 0 heterocycles. The van der Waals surface area contributed by atoms with Gasteiger partial charge in [0.2, 0.25) is 0 Å². The summed E-state index contributed by atoms with van der Waals surface area (Å²) in [5, 5.41) is 29.1. The van der Waals surface area contributed by atoms with E-state index in [1.807, 2.05) is 0 Å². The Morgan fingerprint density at radius 3 is 2.07 bits per heavy atom. The van der Waals surface area contributed by atoms with Crippen LogP contribution in [0, 0.1) is 0 Å². The number of carbonyl (C=O) groups excluding carboxylic acids is 1. The fourth-order valence-electron chi connectivity index (χ4n) is 0.713. The number of amides is 1. The van der Waals surface area contributed by atoms with Gasteiger partial charge < -0.3 is 25.4 Å². The van der Waals surface area contributed by atoms with Gasteiger partial charge in [-0.05, 0) is 20.8 Å². The van der Waals surface area contributed by atoms with Crippen molar-refractivity contribution in [1.29, 1.82) is 0 Å². The van der Waals surface area contributed by atoms with Gasteiger partial charge in [-0.1, -0.05) is 0 Å². The fraction of sp³-hybridized carbons (Fsp3) is 0.889. The molecular weight excluding hydrogens is 202 g/mol. The molecule has 0 rings (SSSR count). The van der Waals surface area contributed by atoms with Crippen LogP contribution in [0.25, 0.3) is 0 Å². The number of hydrogen-bond donors (Lipinski definition) is 4. The highest BCUT2D eigenvalue weighted by Gasteiger charge is 2.26. The molecule has 0 spiro atoms. The lowest BCUT2D eigenvalue weighted by Crippen LogP contribution is -2.49. The summed E-state index contributed by atoms with van der Waals surface area (Å²) in [4.78, 5) is 11.1. The molecule has 0 unspecified atom stereocenters. The summed E-state index contributed by atoms with van der Waals surface area (Å²) in [6, 6.07) is 0. The second kappa shape index (κ2) is 5.29. The van der Waals surface area contributed by atoms with E-state index in [4.69, 9.17) is 14.9 Å². The third-order valence-electron chi connectivity index (χ3n) is 1.55. The molecule has 0 saturated heterocycles. The molecule has 1 amide bonds. The molecule has 0 radical (unpaired) electrons. The Morgan fingerprint density at radius 1 is 1.27 bits per heavy atom. The minimum atomic E-state index is -1.71. The van der Waals surface area contributed by atoms with E-state index in [2.05, 4.69) is 5.32 Å². The van der Waals surface area contributed by atoms with Gasteiger partial charge in [0.15, 0.2) is 0 Å². The van der Waals surface area contributed by atoms with Crippen molar-refractivity contribution in [2.45, 2.75) is 32.0 Å². The molecule has 15 heavy (non-hydrogen) atoms. The summed E-state index contributed by atoms with van der Waals surface area (Å²) < 4.78 is 4.90. The second-order valence-electron chi connectivity index (χ2n) is 4.40. The van der Waals surface area contributed by atoms with Crippen molar-refractivity contribution in [2.75, 3.05) is 19.8 Å². The first-order valence-electron chi connectivity index (χ1n) is 4.63. The first-order chi connectivity index (χ1) is 6.72. The van der Waals surface area contributed by atoms with Crippen LogP contribution in [-0.4, -0.2) is 52.4 Å². The van der Waals surface area contributed by atoms with Crippen LogP contribution in [0.1, 0.15) is 20.8 Å². The number of hydrogen-bond acceptors (Lipinski definition) is 5. The lowest BCUT2D eigenvalue weighted by molar-refractivity contribution is -0.0537. The zero-order valence-corrected chi connectivity index (χ0v) is 9.28. The van der Waals surface area contributed by atoms with Crippen molar-refractivity contribution < 1.29 is 24.9 Å². The van der Waals surface area contributed by atoms with Crippen LogP contribution < -0.4 is 5.32 Å². The van der Waals surface area contributed by atoms with Crippen LogP contribution >= 0.6 is 0 Å². The predicted molar refractivity (Wildman–Crippen MR) is 53.4 cm³/mol. The van der Waals surface area contributed by atoms with Crippen LogP contribution in [0.5, 0.6) is 0 Å². The molecule has 0 atom stereocenters. The standard InChI is InChI=1S/C9H19NO5/c1-8(2,3)15-7(13)10-4-9(14,5-11)6-12/h11-12,14H,4-6H2,1-3H3,(H,10,13). The molecule has 0 aromatic rings. The Hall–Kier alpha value is -0.850. The third-order valence-corrected chi connectivity index (χ3v) is 1.55. The van der Waals surface area contributed by atoms with Gasteiger partial charge in [-0.25, -0.2) is 4.79 Å². The van der Waals surface area contributed by atoms with Gasteiger partial charge in [-0.2, -0.15) is 0 Å². The van der Waals surface area contributed by atoms with Crippen LogP contribution in [-0.2, 0) is 4.74 Å². The zero-order valence-electron chi connectivity index (χ0n) is 9.28. The average Bonchev–Trinajstić information content (AvgIpc) is 2.12. The lowest BCUT2D eigenvalue weighted by Gasteiger charge is -2.25. The van der Waals surface area contributed by atoms with E-state index in [1.54, 1.807) is 20.8 Å². The van der Waals surface area contributed by atoms with E-state index >= 15 is 0 Å². The molecule has 0 fully saturated rings. The molecule has 0 bridgehead atoms. The topological polar surface area (TPSA) is 99.0 Å². The van der Waals surface area contributed by atoms with Gasteiger partial charge in [0.05, 0.1) is 19.8 Å². The second-order valence-corrected chi connectivity index (χ2v) is 4.40. The quantitative estimate of drug-likeness (QED) is 0.499. The van der Waals surface area contributed by atoms with E-state index in [9.17, 15) is 9.90 Å². The average molecular weight is 221 g/mol. The van der Waals surface area contributed by atoms with Gasteiger partial charge in [0.25, 0.3) is 0 Å². The highest BCUT2D eigenvalue weighted by Crippen LogP contribution is 2.07. The zero-order chi connectivity index (χ0) is 12.1. The number of aliphatic hydroxyl groups is 3. The van der Waals surface area contributed by atoms with Crippen molar-refractivity contribution in [2.24, 2.45) is 0 Å². The number of alkyl carbamates (subject to hydrolysis) is 1. The van der Waals surface area contributed by atoms with E-state index in [1.165, 1.54) is 0 Å². The third kappa shape index (κ3) is 6.27. The molecule has 0 aliphatic heterocycles. The van der Waals surface area contributed by atoms with Crippen LogP contribution in [0.3, 0.4) is 0 Å². The molecular formula is C9H19NO5. The molecule has 6 nitrogen and oxygen atoms in total. The number of nitrogens with one attached hydrogen (secondary N) is 1. The van der Waals surface area contributed by atoms with E-state index in [0.29, 0.717) is 0 Å². The van der Waals surface area contributed by atoms with Gasteiger partial charge >= 0.3 is 6.09 Å². The minimum absolute atomic E-state index is 0.269. The molecule has 0 aliphatic rings. The summed E-state index contributed by atoms with van der Waals surface area (Å²) >= 11 is 0. The molecule has 90 valence electrons. The number of rotatable bonds is 4. The minimum Gasteiger partial charge on any atom is -0.444 e. The number of carbonyl (C=O) groups is 1. The summed E-state index contributed by atoms with van der Waals surface area (Å²) in [5.74, 6) is 0. The van der Waals surface area contributed by atoms with Crippen molar-refractivity contribution >= 4 is 6.09 Å². The first-order valence-corrected chi connectivity index (χ1v) is 4.63. The molecule has 0 saturated carbocycles. The van der Waals surface area contributed by atoms with Crippen molar-refractivity contribution in [3.63, 3.8) is 0 Å². The van der Waals surface area contributed by atoms with E-state index in [-0.39, 0.29) is 6.54 Å². The number of aliphatic hydroxyl groups excluding tert-OH is 2. The Kier molecular flexibility index (Phi) is 4.99. The predicted octanol–water partition coefficient (Wildman–Crippen LogP) is -0.773. The molecule has 0 aliphatic carbocycles. The lowest BCUT2D eigenvalue weighted by atomic mass is 10.1. The SMILES string of the molecule is CC(C)(C)OC(=O)NCC(O)(CO)CO. The summed E-state index contributed by atoms with van der Waals surface area (Å²) in [6.07, 6.45) is -0.706. The summed E-state index contributed by atoms with van der Waals surface area (Å²) in [7, 11) is 0. The Bertz CT molecular complexity index is 207. The van der Waals surface area contributed by atoms with Crippen molar-refractivity contribution in [3.8, 4) is 0 Å². The number of ether oxygens (including phenoxy) is 1. The summed E-state index contributed by atoms with van der Waals surface area (Å²) in [5.41, 5.74) is -2.34. The van der Waals surface area contributed by atoms with Crippen LogP contribution in [0.2, 0.25) is 0 Å². The maximum absolute atomic E-state index is 11.1. The first kappa shape index (κ1) is 14.2. The molecule has 6 heteroatoms. The Morgan fingerprint density at radius 2 is 1.73 bits per heavy atom. The largest absolute Gasteiger partial charge is 0.444 e. The monoisotopic (exact) mass is 221 g/mol. The van der Waals surface area contributed by atoms with E-state index < -0.39 is 30.5 Å². The maximum atomic E-state index is 11.1. The van der Waals surface area contributed by atoms with Gasteiger partial charge in [-0.15, -0.1) is 0 Å². The summed E-state index contributed by atoms with van der Waals surface area (Å²) in [6.45, 7) is 3.57. The van der Waals surface area contributed by atoms with Crippen LogP contribution in [0.15, 0.2) is 0 Å². The van der Waals surface area contributed by atoms with E-state index in [0.717, 1.165) is 0 Å². The molecule has 4 N–H and O–H groups in total. The normalized spacial score (nSPS) is 12.4. The van der Waals surface area contributed by atoms with Gasteiger partial charge in [0, 0.05) is 0 Å².